The van der Waals surface area contributed by atoms with Gasteiger partial charge in [-0.2, -0.15) is 4.68 Å². The van der Waals surface area contributed by atoms with Crippen LogP contribution in [0, 0.1) is 0 Å². The second-order valence-corrected chi connectivity index (χ2v) is 3.73. The number of rotatable bonds is 2. The van der Waals surface area contributed by atoms with Crippen LogP contribution in [-0.2, 0) is 0 Å². The van der Waals surface area contributed by atoms with Crippen molar-refractivity contribution in [3.8, 4) is 5.69 Å². The van der Waals surface area contributed by atoms with Crippen LogP contribution < -0.4 is 5.69 Å². The van der Waals surface area contributed by atoms with Crippen molar-refractivity contribution in [1.82, 2.24) is 19.7 Å². The number of aromatic amines is 1. The first kappa shape index (κ1) is 11.1. The fourth-order valence-electron chi connectivity index (χ4n) is 1.38. The van der Waals surface area contributed by atoms with Gasteiger partial charge >= 0.3 is 5.69 Å². The zero-order valence-electron chi connectivity index (χ0n) is 9.54. The van der Waals surface area contributed by atoms with Gasteiger partial charge in [0.1, 0.15) is 0 Å². The molecule has 0 spiro atoms. The minimum atomic E-state index is -0.429. The molecule has 88 valence electrons. The summed E-state index contributed by atoms with van der Waals surface area (Å²) < 4.78 is 1.16. The monoisotopic (exact) mass is 232 g/mol. The van der Waals surface area contributed by atoms with Gasteiger partial charge in [-0.15, -0.1) is 5.10 Å². The van der Waals surface area contributed by atoms with Gasteiger partial charge in [0.2, 0.25) is 5.82 Å². The quantitative estimate of drug-likeness (QED) is 0.807. The zero-order chi connectivity index (χ0) is 12.4. The van der Waals surface area contributed by atoms with Crippen molar-refractivity contribution < 1.29 is 4.79 Å². The Bertz CT molecular complexity index is 583. The largest absolute Gasteiger partial charge is 0.348 e. The predicted octanol–water partition coefficient (Wildman–Crippen LogP) is 0.262. The Labute approximate surface area is 97.5 Å². The van der Waals surface area contributed by atoms with E-state index in [0.717, 1.165) is 4.68 Å². The topological polar surface area (TPSA) is 71.0 Å². The first-order chi connectivity index (χ1) is 8.09. The smallest absolute Gasteiger partial charge is 0.342 e. The summed E-state index contributed by atoms with van der Waals surface area (Å²) in [6.45, 7) is 0. The van der Waals surface area contributed by atoms with Crippen molar-refractivity contribution in [2.75, 3.05) is 14.1 Å². The minimum Gasteiger partial charge on any atom is -0.342 e. The molecule has 0 saturated heterocycles. The van der Waals surface area contributed by atoms with Gasteiger partial charge in [-0.25, -0.2) is 4.79 Å². The highest BCUT2D eigenvalue weighted by Crippen LogP contribution is 2.02. The van der Waals surface area contributed by atoms with Crippen LogP contribution in [0.1, 0.15) is 10.6 Å². The lowest BCUT2D eigenvalue weighted by molar-refractivity contribution is 0.0816. The molecule has 0 fully saturated rings. The maximum absolute atomic E-state index is 11.6. The maximum atomic E-state index is 11.6. The highest BCUT2D eigenvalue weighted by molar-refractivity contribution is 5.89. The second-order valence-electron chi connectivity index (χ2n) is 3.73. The first-order valence-corrected chi connectivity index (χ1v) is 5.06. The SMILES string of the molecule is CN(C)C(=O)c1nn(-c2ccccc2)c(=O)[nH]1. The molecule has 1 aromatic carbocycles. The summed E-state index contributed by atoms with van der Waals surface area (Å²) in [5.74, 6) is -0.305. The molecule has 0 unspecified atom stereocenters. The van der Waals surface area contributed by atoms with Gasteiger partial charge < -0.3 is 4.90 Å². The van der Waals surface area contributed by atoms with Crippen LogP contribution in [0.5, 0.6) is 0 Å². The summed E-state index contributed by atoms with van der Waals surface area (Å²) in [6, 6.07) is 8.92. The zero-order valence-corrected chi connectivity index (χ0v) is 9.54. The molecule has 0 aliphatic rings. The number of nitrogens with one attached hydrogen (secondary N) is 1. The summed E-state index contributed by atoms with van der Waals surface area (Å²) in [4.78, 5) is 27.0. The van der Waals surface area contributed by atoms with Gasteiger partial charge in [0, 0.05) is 14.1 Å². The lowest BCUT2D eigenvalue weighted by Gasteiger charge is -2.05. The minimum absolute atomic E-state index is 0.0313. The third-order valence-corrected chi connectivity index (χ3v) is 2.23. The van der Waals surface area contributed by atoms with Crippen molar-refractivity contribution in [3.63, 3.8) is 0 Å². The first-order valence-electron chi connectivity index (χ1n) is 5.06. The van der Waals surface area contributed by atoms with E-state index in [0.29, 0.717) is 5.69 Å². The second kappa shape index (κ2) is 4.25. The van der Waals surface area contributed by atoms with Crippen molar-refractivity contribution in [3.05, 3.63) is 46.6 Å². The summed E-state index contributed by atoms with van der Waals surface area (Å²) in [6.07, 6.45) is 0. The Morgan fingerprint density at radius 3 is 2.53 bits per heavy atom. The van der Waals surface area contributed by atoms with Gasteiger partial charge in [0.05, 0.1) is 5.69 Å². The molecule has 0 atom stereocenters. The van der Waals surface area contributed by atoms with Crippen LogP contribution in [-0.4, -0.2) is 39.7 Å². The van der Waals surface area contributed by atoms with Crippen LogP contribution in [0.15, 0.2) is 35.1 Å². The molecule has 17 heavy (non-hydrogen) atoms. The highest BCUT2D eigenvalue weighted by Gasteiger charge is 2.15. The maximum Gasteiger partial charge on any atom is 0.348 e. The number of benzene rings is 1. The van der Waals surface area contributed by atoms with E-state index in [1.165, 1.54) is 4.90 Å². The number of nitrogens with zero attached hydrogens (tertiary/aromatic N) is 3. The fourth-order valence-corrected chi connectivity index (χ4v) is 1.38. The molecule has 2 aromatic rings. The number of hydrogen-bond donors (Lipinski definition) is 1. The Kier molecular flexibility index (Phi) is 2.78. The Balaban J connectivity index is 2.46. The summed E-state index contributed by atoms with van der Waals surface area (Å²) in [7, 11) is 3.20. The molecular weight excluding hydrogens is 220 g/mol. The average Bonchev–Trinajstić information content (AvgIpc) is 2.71. The third kappa shape index (κ3) is 2.10. The number of carbonyl (C=O) groups is 1. The standard InChI is InChI=1S/C11H12N4O2/c1-14(2)10(16)9-12-11(17)15(13-9)8-6-4-3-5-7-8/h3-7H,1-2H3,(H,12,13,17). The van der Waals surface area contributed by atoms with Gasteiger partial charge in [-0.1, -0.05) is 18.2 Å². The molecule has 0 aliphatic heterocycles. The van der Waals surface area contributed by atoms with Crippen LogP contribution >= 0.6 is 0 Å². The third-order valence-electron chi connectivity index (χ3n) is 2.23. The van der Waals surface area contributed by atoms with Crippen LogP contribution in [0.2, 0.25) is 0 Å². The average molecular weight is 232 g/mol. The number of hydrogen-bond acceptors (Lipinski definition) is 3. The van der Waals surface area contributed by atoms with Crippen molar-refractivity contribution in [2.45, 2.75) is 0 Å². The molecular formula is C11H12N4O2. The molecule has 0 saturated carbocycles. The van der Waals surface area contributed by atoms with Crippen LogP contribution in [0.4, 0.5) is 0 Å². The molecule has 0 aliphatic carbocycles. The van der Waals surface area contributed by atoms with Crippen LogP contribution in [0.3, 0.4) is 0 Å². The number of H-pyrrole nitrogens is 1. The van der Waals surface area contributed by atoms with E-state index in [4.69, 9.17) is 0 Å². The van der Waals surface area contributed by atoms with Crippen LogP contribution in [0.25, 0.3) is 5.69 Å². The van der Waals surface area contributed by atoms with E-state index in [1.54, 1.807) is 38.4 Å². The summed E-state index contributed by atoms with van der Waals surface area (Å²) in [5.41, 5.74) is 0.188. The van der Waals surface area contributed by atoms with E-state index < -0.39 is 5.69 Å². The molecule has 0 bridgehead atoms. The van der Waals surface area contributed by atoms with Crippen molar-refractivity contribution in [2.24, 2.45) is 0 Å². The van der Waals surface area contributed by atoms with E-state index in [1.807, 2.05) is 6.07 Å². The van der Waals surface area contributed by atoms with Gasteiger partial charge in [0.15, 0.2) is 0 Å². The van der Waals surface area contributed by atoms with E-state index in [-0.39, 0.29) is 11.7 Å². The number of amides is 1. The van der Waals surface area contributed by atoms with Gasteiger partial charge in [-0.05, 0) is 12.1 Å². The summed E-state index contributed by atoms with van der Waals surface area (Å²) in [5, 5.41) is 3.96. The normalized spacial score (nSPS) is 10.2. The molecule has 1 amide bonds. The Morgan fingerprint density at radius 1 is 1.29 bits per heavy atom. The lowest BCUT2D eigenvalue weighted by atomic mass is 10.3. The Morgan fingerprint density at radius 2 is 1.94 bits per heavy atom. The summed E-state index contributed by atoms with van der Waals surface area (Å²) >= 11 is 0. The number of aromatic nitrogens is 3. The molecule has 1 heterocycles. The number of para-hydroxylation sites is 1. The molecule has 0 radical (unpaired) electrons. The van der Waals surface area contributed by atoms with E-state index in [2.05, 4.69) is 10.1 Å². The molecule has 1 N–H and O–H groups in total. The lowest BCUT2D eigenvalue weighted by Crippen LogP contribution is -2.23. The van der Waals surface area contributed by atoms with E-state index in [9.17, 15) is 9.59 Å². The highest BCUT2D eigenvalue weighted by atomic mass is 16.2. The predicted molar refractivity (Wildman–Crippen MR) is 62.2 cm³/mol. The molecule has 6 heteroatoms. The van der Waals surface area contributed by atoms with E-state index >= 15 is 0 Å². The molecule has 1 aromatic heterocycles. The Hall–Kier alpha value is -2.37. The molecule has 2 rings (SSSR count). The van der Waals surface area contributed by atoms with Crippen molar-refractivity contribution in [1.29, 1.82) is 0 Å². The van der Waals surface area contributed by atoms with Gasteiger partial charge in [0.25, 0.3) is 5.91 Å². The van der Waals surface area contributed by atoms with Gasteiger partial charge in [-0.3, -0.25) is 9.78 Å². The van der Waals surface area contributed by atoms with Crippen molar-refractivity contribution >= 4 is 5.91 Å². The molecule has 6 nitrogen and oxygen atoms in total. The number of carbonyl (C=O) groups excluding carboxylic acids is 1. The fraction of sp³-hybridized carbons (Fsp3) is 0.182.